The normalized spacial score (nSPS) is 19.0. The minimum absolute atomic E-state index is 0.144. The lowest BCUT2D eigenvalue weighted by Gasteiger charge is -2.14. The number of hydrogen-bond donors (Lipinski definition) is 1. The number of nitrogens with one attached hydrogen (secondary N) is 1. The Morgan fingerprint density at radius 2 is 1.67 bits per heavy atom. The SMILES string of the molecule is CCCCC1C(=O)NN(c2ccccc2)C1=O.O=C1C=CC(=O)O1. The number of rotatable bonds is 4. The fraction of sp³-hybridized carbons (Fsp3) is 0.294. The molecule has 126 valence electrons. The Hall–Kier alpha value is -2.96. The number of cyclic esters (lactones) is 2. The molecule has 24 heavy (non-hydrogen) atoms. The zero-order chi connectivity index (χ0) is 17.5. The molecule has 1 fully saturated rings. The van der Waals surface area contributed by atoms with Crippen LogP contribution in [0.15, 0.2) is 42.5 Å². The van der Waals surface area contributed by atoms with Gasteiger partial charge in [-0.3, -0.25) is 15.0 Å². The minimum Gasteiger partial charge on any atom is -0.387 e. The summed E-state index contributed by atoms with van der Waals surface area (Å²) < 4.78 is 3.97. The van der Waals surface area contributed by atoms with Crippen molar-refractivity contribution in [3.8, 4) is 0 Å². The number of esters is 2. The first-order valence-electron chi connectivity index (χ1n) is 7.66. The van der Waals surface area contributed by atoms with Crippen molar-refractivity contribution in [2.24, 2.45) is 5.92 Å². The smallest absolute Gasteiger partial charge is 0.338 e. The lowest BCUT2D eigenvalue weighted by atomic mass is 10.0. The molecule has 2 aliphatic heterocycles. The van der Waals surface area contributed by atoms with E-state index in [1.54, 1.807) is 12.1 Å². The van der Waals surface area contributed by atoms with E-state index in [-0.39, 0.29) is 11.8 Å². The quantitative estimate of drug-likeness (QED) is 0.667. The van der Waals surface area contributed by atoms with E-state index in [2.05, 4.69) is 10.2 Å². The summed E-state index contributed by atoms with van der Waals surface area (Å²) in [5.74, 6) is -2.01. The summed E-state index contributed by atoms with van der Waals surface area (Å²) in [6.07, 6.45) is 4.68. The zero-order valence-electron chi connectivity index (χ0n) is 13.2. The highest BCUT2D eigenvalue weighted by Crippen LogP contribution is 2.22. The van der Waals surface area contributed by atoms with E-state index in [9.17, 15) is 19.2 Å². The van der Waals surface area contributed by atoms with Crippen LogP contribution in [0, 0.1) is 5.92 Å². The van der Waals surface area contributed by atoms with Crippen molar-refractivity contribution in [2.75, 3.05) is 5.01 Å². The van der Waals surface area contributed by atoms with Crippen LogP contribution in [0.25, 0.3) is 0 Å². The molecule has 3 rings (SSSR count). The van der Waals surface area contributed by atoms with E-state index < -0.39 is 17.9 Å². The Balaban J connectivity index is 0.000000249. The van der Waals surface area contributed by atoms with Gasteiger partial charge in [0.1, 0.15) is 5.92 Å². The predicted molar refractivity (Wildman–Crippen MR) is 85.3 cm³/mol. The molecule has 0 spiro atoms. The van der Waals surface area contributed by atoms with Gasteiger partial charge in [-0.15, -0.1) is 0 Å². The molecule has 1 saturated heterocycles. The number of carbonyl (C=O) groups excluding carboxylic acids is 4. The molecule has 0 saturated carbocycles. The zero-order valence-corrected chi connectivity index (χ0v) is 13.2. The van der Waals surface area contributed by atoms with Gasteiger partial charge in [0.15, 0.2) is 0 Å². The Kier molecular flexibility index (Phi) is 5.83. The van der Waals surface area contributed by atoms with Crippen LogP contribution in [0.1, 0.15) is 26.2 Å². The molecule has 2 heterocycles. The standard InChI is InChI=1S/C13H16N2O2.C4H2O3/c1-2-3-9-11-12(16)14-15(13(11)17)10-7-5-4-6-8-10;5-3-1-2-4(6)7-3/h4-8,11H,2-3,9H2,1H3,(H,14,16);1-2H. The molecular formula is C17H18N2O5. The Morgan fingerprint density at radius 1 is 1.04 bits per heavy atom. The van der Waals surface area contributed by atoms with Crippen molar-refractivity contribution in [1.82, 2.24) is 5.43 Å². The van der Waals surface area contributed by atoms with Crippen molar-refractivity contribution in [3.05, 3.63) is 42.5 Å². The maximum absolute atomic E-state index is 12.1. The summed E-state index contributed by atoms with van der Waals surface area (Å²) in [7, 11) is 0. The van der Waals surface area contributed by atoms with Crippen LogP contribution in [0.3, 0.4) is 0 Å². The van der Waals surface area contributed by atoms with Crippen LogP contribution >= 0.6 is 0 Å². The van der Waals surface area contributed by atoms with Crippen LogP contribution in [0.4, 0.5) is 5.69 Å². The highest BCUT2D eigenvalue weighted by atomic mass is 16.6. The molecule has 0 aliphatic carbocycles. The van der Waals surface area contributed by atoms with Gasteiger partial charge in [0.05, 0.1) is 5.69 Å². The largest absolute Gasteiger partial charge is 0.387 e. The number of carbonyl (C=O) groups is 4. The Labute approximate surface area is 139 Å². The third-order valence-corrected chi connectivity index (χ3v) is 3.47. The third-order valence-electron chi connectivity index (χ3n) is 3.47. The lowest BCUT2D eigenvalue weighted by Crippen LogP contribution is -2.35. The number of benzene rings is 1. The van der Waals surface area contributed by atoms with Gasteiger partial charge in [0.25, 0.3) is 11.8 Å². The maximum Gasteiger partial charge on any atom is 0.338 e. The van der Waals surface area contributed by atoms with Crippen LogP contribution in [-0.4, -0.2) is 23.8 Å². The summed E-state index contributed by atoms with van der Waals surface area (Å²) in [5, 5.41) is 1.35. The van der Waals surface area contributed by atoms with E-state index in [0.29, 0.717) is 12.1 Å². The second kappa shape index (κ2) is 8.05. The second-order valence-corrected chi connectivity index (χ2v) is 5.25. The number of nitrogens with zero attached hydrogens (tertiary/aromatic N) is 1. The van der Waals surface area contributed by atoms with E-state index in [4.69, 9.17) is 0 Å². The number of unbranched alkanes of at least 4 members (excludes halogenated alkanes) is 1. The fourth-order valence-corrected chi connectivity index (χ4v) is 2.25. The topological polar surface area (TPSA) is 92.8 Å². The maximum atomic E-state index is 12.1. The first-order chi connectivity index (χ1) is 11.5. The van der Waals surface area contributed by atoms with Crippen LogP contribution in [-0.2, 0) is 23.9 Å². The molecule has 1 unspecified atom stereocenters. The van der Waals surface area contributed by atoms with Crippen LogP contribution in [0.5, 0.6) is 0 Å². The van der Waals surface area contributed by atoms with E-state index in [0.717, 1.165) is 25.0 Å². The summed E-state index contributed by atoms with van der Waals surface area (Å²) in [6.45, 7) is 2.05. The number of para-hydroxylation sites is 1. The first-order valence-corrected chi connectivity index (χ1v) is 7.66. The number of ether oxygens (including phenoxy) is 1. The fourth-order valence-electron chi connectivity index (χ4n) is 2.25. The highest BCUT2D eigenvalue weighted by Gasteiger charge is 2.39. The minimum atomic E-state index is -0.579. The molecule has 1 aromatic rings. The summed E-state index contributed by atoms with van der Waals surface area (Å²) >= 11 is 0. The van der Waals surface area contributed by atoms with E-state index in [1.807, 2.05) is 25.1 Å². The average Bonchev–Trinajstić information content (AvgIpc) is 3.09. The second-order valence-electron chi connectivity index (χ2n) is 5.25. The molecule has 1 N–H and O–H groups in total. The number of hydrogen-bond acceptors (Lipinski definition) is 5. The molecule has 1 atom stereocenters. The van der Waals surface area contributed by atoms with Crippen molar-refractivity contribution in [3.63, 3.8) is 0 Å². The van der Waals surface area contributed by atoms with Crippen molar-refractivity contribution in [2.45, 2.75) is 26.2 Å². The summed E-state index contributed by atoms with van der Waals surface area (Å²) in [5.41, 5.74) is 3.34. The molecule has 1 aromatic carbocycles. The molecule has 0 aromatic heterocycles. The van der Waals surface area contributed by atoms with Crippen molar-refractivity contribution < 1.29 is 23.9 Å². The molecule has 7 nitrogen and oxygen atoms in total. The van der Waals surface area contributed by atoms with Gasteiger partial charge in [-0.1, -0.05) is 38.0 Å². The summed E-state index contributed by atoms with van der Waals surface area (Å²) in [6, 6.07) is 9.17. The van der Waals surface area contributed by atoms with Gasteiger partial charge in [-0.25, -0.2) is 14.6 Å². The van der Waals surface area contributed by atoms with Gasteiger partial charge < -0.3 is 4.74 Å². The van der Waals surface area contributed by atoms with Gasteiger partial charge >= 0.3 is 11.9 Å². The van der Waals surface area contributed by atoms with E-state index >= 15 is 0 Å². The van der Waals surface area contributed by atoms with Gasteiger partial charge in [0, 0.05) is 12.2 Å². The molecular weight excluding hydrogens is 312 g/mol. The van der Waals surface area contributed by atoms with Crippen LogP contribution in [0.2, 0.25) is 0 Å². The van der Waals surface area contributed by atoms with Gasteiger partial charge in [0.2, 0.25) is 0 Å². The number of amides is 2. The van der Waals surface area contributed by atoms with Crippen molar-refractivity contribution >= 4 is 29.4 Å². The molecule has 2 amide bonds. The lowest BCUT2D eigenvalue weighted by molar-refractivity contribution is -0.150. The molecule has 7 heteroatoms. The average molecular weight is 330 g/mol. The molecule has 2 aliphatic rings. The van der Waals surface area contributed by atoms with E-state index in [1.165, 1.54) is 5.01 Å². The van der Waals surface area contributed by atoms with Crippen molar-refractivity contribution in [1.29, 1.82) is 0 Å². The predicted octanol–water partition coefficient (Wildman–Crippen LogP) is 1.50. The van der Waals surface area contributed by atoms with Gasteiger partial charge in [-0.05, 0) is 18.6 Å². The van der Waals surface area contributed by atoms with Gasteiger partial charge in [-0.2, -0.15) is 0 Å². The summed E-state index contributed by atoms with van der Waals surface area (Å²) in [4.78, 5) is 43.6. The Morgan fingerprint density at radius 3 is 2.17 bits per heavy atom. The number of hydrazine groups is 1. The first kappa shape index (κ1) is 17.4. The Bertz CT molecular complexity index is 653. The van der Waals surface area contributed by atoms with Crippen LogP contribution < -0.4 is 10.4 Å². The monoisotopic (exact) mass is 330 g/mol. The molecule has 0 bridgehead atoms. The number of anilines is 1. The molecule has 0 radical (unpaired) electrons. The highest BCUT2D eigenvalue weighted by molar-refractivity contribution is 6.14. The third kappa shape index (κ3) is 4.28.